The highest BCUT2D eigenvalue weighted by Crippen LogP contribution is 2.25. The van der Waals surface area contributed by atoms with Crippen LogP contribution in [0.25, 0.3) is 10.6 Å². The molecule has 0 unspecified atom stereocenters. The van der Waals surface area contributed by atoms with Gasteiger partial charge in [0.15, 0.2) is 6.61 Å². The molecule has 130 valence electrons. The average molecular weight is 346 g/mol. The number of hydrogen-bond acceptors (Lipinski definition) is 4. The molecule has 0 fully saturated rings. The van der Waals surface area contributed by atoms with Crippen LogP contribution in [0.3, 0.4) is 0 Å². The van der Waals surface area contributed by atoms with Gasteiger partial charge >= 0.3 is 0 Å². The number of carbonyl (C=O) groups excluding carboxylic acids is 1. The molecule has 2 rings (SSSR count). The number of carbonyl (C=O) groups is 1. The summed E-state index contributed by atoms with van der Waals surface area (Å²) in [5.41, 5.74) is 2.09. The molecule has 0 aliphatic carbocycles. The number of nitrogens with zero attached hydrogens (tertiary/aromatic N) is 1. The van der Waals surface area contributed by atoms with E-state index in [2.05, 4.69) is 17.2 Å². The number of rotatable bonds is 9. The molecule has 1 amide bonds. The monoisotopic (exact) mass is 346 g/mol. The Labute approximate surface area is 148 Å². The van der Waals surface area contributed by atoms with E-state index in [1.165, 1.54) is 12.8 Å². The second-order valence-electron chi connectivity index (χ2n) is 6.07. The van der Waals surface area contributed by atoms with Crippen molar-refractivity contribution in [2.24, 2.45) is 0 Å². The van der Waals surface area contributed by atoms with E-state index in [0.717, 1.165) is 29.1 Å². The Balaban J connectivity index is 1.76. The smallest absolute Gasteiger partial charge is 0.258 e. The fraction of sp³-hybridized carbons (Fsp3) is 0.474. The molecule has 4 nitrogen and oxygen atoms in total. The first-order valence-electron chi connectivity index (χ1n) is 8.53. The molecule has 1 atom stereocenters. The van der Waals surface area contributed by atoms with Gasteiger partial charge in [-0.3, -0.25) is 4.79 Å². The summed E-state index contributed by atoms with van der Waals surface area (Å²) in [6.45, 7) is 6.25. The lowest BCUT2D eigenvalue weighted by atomic mass is 10.1. The van der Waals surface area contributed by atoms with Gasteiger partial charge in [0.05, 0.1) is 0 Å². The first kappa shape index (κ1) is 18.5. The van der Waals surface area contributed by atoms with Crippen LogP contribution in [0.1, 0.15) is 45.2 Å². The Morgan fingerprint density at radius 2 is 2.04 bits per heavy atom. The second kappa shape index (κ2) is 9.42. The molecule has 0 radical (unpaired) electrons. The van der Waals surface area contributed by atoms with Crippen LogP contribution in [-0.2, 0) is 4.79 Å². The van der Waals surface area contributed by atoms with E-state index in [1.807, 2.05) is 43.5 Å². The molecule has 0 aliphatic heterocycles. The predicted octanol–water partition coefficient (Wildman–Crippen LogP) is 4.58. The van der Waals surface area contributed by atoms with Gasteiger partial charge in [0.1, 0.15) is 10.8 Å². The topological polar surface area (TPSA) is 51.2 Å². The van der Waals surface area contributed by atoms with Crippen LogP contribution in [0.15, 0.2) is 29.6 Å². The molecule has 24 heavy (non-hydrogen) atoms. The average Bonchev–Trinajstić information content (AvgIpc) is 3.00. The number of aromatic nitrogens is 1. The standard InChI is InChI=1S/C19H26N2O2S/c1-4-5-6-7-14(2)20-18(22)12-23-17-10-8-16(9-11-17)19-21-15(3)13-24-19/h8-11,13-14H,4-7,12H2,1-3H3,(H,20,22)/t14-/m0/s1. The highest BCUT2D eigenvalue weighted by molar-refractivity contribution is 7.13. The third kappa shape index (κ3) is 5.96. The quantitative estimate of drug-likeness (QED) is 0.676. The Hall–Kier alpha value is -1.88. The van der Waals surface area contributed by atoms with Crippen molar-refractivity contribution in [1.29, 1.82) is 0 Å². The van der Waals surface area contributed by atoms with Gasteiger partial charge in [0, 0.05) is 22.7 Å². The van der Waals surface area contributed by atoms with Crippen molar-refractivity contribution in [3.63, 3.8) is 0 Å². The van der Waals surface area contributed by atoms with E-state index in [0.29, 0.717) is 5.75 Å². The zero-order valence-corrected chi connectivity index (χ0v) is 15.5. The molecule has 5 heteroatoms. The van der Waals surface area contributed by atoms with Crippen LogP contribution in [0, 0.1) is 6.92 Å². The third-order valence-corrected chi connectivity index (χ3v) is 4.75. The lowest BCUT2D eigenvalue weighted by Crippen LogP contribution is -2.36. The van der Waals surface area contributed by atoms with Gasteiger partial charge in [-0.2, -0.15) is 0 Å². The summed E-state index contributed by atoms with van der Waals surface area (Å²) in [4.78, 5) is 16.4. The van der Waals surface area contributed by atoms with Crippen LogP contribution in [0.4, 0.5) is 0 Å². The molecule has 0 saturated carbocycles. The molecular formula is C19H26N2O2S. The van der Waals surface area contributed by atoms with Gasteiger partial charge in [0.2, 0.25) is 0 Å². The minimum Gasteiger partial charge on any atom is -0.484 e. The summed E-state index contributed by atoms with van der Waals surface area (Å²) in [7, 11) is 0. The molecule has 2 aromatic rings. The maximum absolute atomic E-state index is 11.9. The molecule has 1 aromatic carbocycles. The highest BCUT2D eigenvalue weighted by atomic mass is 32.1. The number of unbranched alkanes of at least 4 members (excludes halogenated alkanes) is 2. The van der Waals surface area contributed by atoms with Gasteiger partial charge in [-0.05, 0) is 44.5 Å². The van der Waals surface area contributed by atoms with Crippen LogP contribution >= 0.6 is 11.3 Å². The number of ether oxygens (including phenoxy) is 1. The molecule has 0 aliphatic rings. The lowest BCUT2D eigenvalue weighted by Gasteiger charge is -2.14. The molecule has 1 N–H and O–H groups in total. The third-order valence-electron chi connectivity index (χ3n) is 3.74. The maximum atomic E-state index is 11.9. The number of benzene rings is 1. The van der Waals surface area contributed by atoms with E-state index in [4.69, 9.17) is 4.74 Å². The number of hydrogen-bond donors (Lipinski definition) is 1. The van der Waals surface area contributed by atoms with E-state index in [9.17, 15) is 4.79 Å². The summed E-state index contributed by atoms with van der Waals surface area (Å²) in [6.07, 6.45) is 4.57. The first-order valence-corrected chi connectivity index (χ1v) is 9.41. The first-order chi connectivity index (χ1) is 11.6. The van der Waals surface area contributed by atoms with Crippen molar-refractivity contribution < 1.29 is 9.53 Å². The van der Waals surface area contributed by atoms with Crippen LogP contribution in [0.5, 0.6) is 5.75 Å². The van der Waals surface area contributed by atoms with Crippen molar-refractivity contribution >= 4 is 17.2 Å². The van der Waals surface area contributed by atoms with Crippen molar-refractivity contribution in [2.75, 3.05) is 6.61 Å². The van der Waals surface area contributed by atoms with Crippen molar-refractivity contribution in [3.8, 4) is 16.3 Å². The lowest BCUT2D eigenvalue weighted by molar-refractivity contribution is -0.123. The number of nitrogens with one attached hydrogen (secondary N) is 1. The minimum atomic E-state index is -0.0707. The van der Waals surface area contributed by atoms with Crippen molar-refractivity contribution in [1.82, 2.24) is 10.3 Å². The number of aryl methyl sites for hydroxylation is 1. The van der Waals surface area contributed by atoms with Gasteiger partial charge in [0.25, 0.3) is 5.91 Å². The Morgan fingerprint density at radius 1 is 1.29 bits per heavy atom. The fourth-order valence-corrected chi connectivity index (χ4v) is 3.22. The van der Waals surface area contributed by atoms with Crippen LogP contribution in [0.2, 0.25) is 0 Å². The van der Waals surface area contributed by atoms with Gasteiger partial charge in [-0.1, -0.05) is 26.2 Å². The normalized spacial score (nSPS) is 12.0. The second-order valence-corrected chi connectivity index (χ2v) is 6.93. The molecular weight excluding hydrogens is 320 g/mol. The maximum Gasteiger partial charge on any atom is 0.258 e. The van der Waals surface area contributed by atoms with Crippen LogP contribution in [-0.4, -0.2) is 23.5 Å². The number of amides is 1. The summed E-state index contributed by atoms with van der Waals surface area (Å²) in [6, 6.07) is 7.90. The van der Waals surface area contributed by atoms with E-state index in [1.54, 1.807) is 11.3 Å². The molecule has 0 saturated heterocycles. The highest BCUT2D eigenvalue weighted by Gasteiger charge is 2.08. The van der Waals surface area contributed by atoms with E-state index in [-0.39, 0.29) is 18.6 Å². The minimum absolute atomic E-state index is 0.0494. The van der Waals surface area contributed by atoms with Gasteiger partial charge in [-0.15, -0.1) is 11.3 Å². The molecule has 1 aromatic heterocycles. The fourth-order valence-electron chi connectivity index (χ4n) is 2.42. The van der Waals surface area contributed by atoms with Gasteiger partial charge < -0.3 is 10.1 Å². The molecule has 0 bridgehead atoms. The van der Waals surface area contributed by atoms with Crippen molar-refractivity contribution in [3.05, 3.63) is 35.3 Å². The van der Waals surface area contributed by atoms with Crippen molar-refractivity contribution in [2.45, 2.75) is 52.5 Å². The zero-order valence-electron chi connectivity index (χ0n) is 14.7. The molecule has 1 heterocycles. The SMILES string of the molecule is CCCCC[C@H](C)NC(=O)COc1ccc(-c2nc(C)cs2)cc1. The summed E-state index contributed by atoms with van der Waals surface area (Å²) in [5.74, 6) is 0.624. The van der Waals surface area contributed by atoms with E-state index < -0.39 is 0 Å². The largest absolute Gasteiger partial charge is 0.484 e. The molecule has 0 spiro atoms. The Morgan fingerprint density at radius 3 is 2.67 bits per heavy atom. The Bertz CT molecular complexity index is 637. The Kier molecular flexibility index (Phi) is 7.25. The summed E-state index contributed by atoms with van der Waals surface area (Å²) >= 11 is 1.63. The zero-order chi connectivity index (χ0) is 17.4. The summed E-state index contributed by atoms with van der Waals surface area (Å²) < 4.78 is 5.56. The van der Waals surface area contributed by atoms with E-state index >= 15 is 0 Å². The predicted molar refractivity (Wildman–Crippen MR) is 99.5 cm³/mol. The van der Waals surface area contributed by atoms with Gasteiger partial charge in [-0.25, -0.2) is 4.98 Å². The van der Waals surface area contributed by atoms with Crippen LogP contribution < -0.4 is 10.1 Å². The summed E-state index contributed by atoms with van der Waals surface area (Å²) in [5, 5.41) is 6.01. The number of thiazole rings is 1.